The third-order valence-corrected chi connectivity index (χ3v) is 46.0. The Balaban J connectivity index is 1.35. The molecular formula is C58H63Cl2HfSi. The van der Waals surface area contributed by atoms with Crippen LogP contribution in [0.1, 0.15) is 121 Å². The molecular weight excluding hydrogens is 974 g/mol. The molecule has 317 valence electrons. The molecule has 0 N–H and O–H groups in total. The Morgan fingerprint density at radius 2 is 0.935 bits per heavy atom. The van der Waals surface area contributed by atoms with Crippen molar-refractivity contribution < 1.29 is 16.1 Å². The Bertz CT molecular complexity index is 2580. The predicted molar refractivity (Wildman–Crippen MR) is 272 cm³/mol. The molecule has 2 unspecified atom stereocenters. The molecule has 9 rings (SSSR count). The fourth-order valence-electron chi connectivity index (χ4n) is 11.7. The van der Waals surface area contributed by atoms with Gasteiger partial charge in [0, 0.05) is 0 Å². The molecule has 0 spiro atoms. The van der Waals surface area contributed by atoms with E-state index in [9.17, 15) is 17.2 Å². The number of benzene rings is 6. The molecule has 0 nitrogen and oxygen atoms in total. The normalized spacial score (nSPS) is 17.4. The predicted octanol–water partition coefficient (Wildman–Crippen LogP) is 14.8. The first kappa shape index (κ1) is 43.7. The molecule has 4 heteroatoms. The van der Waals surface area contributed by atoms with Crippen LogP contribution in [0.4, 0.5) is 0 Å². The van der Waals surface area contributed by atoms with Crippen LogP contribution in [0.15, 0.2) is 139 Å². The van der Waals surface area contributed by atoms with E-state index in [1.54, 1.807) is 0 Å². The van der Waals surface area contributed by atoms with Crippen LogP contribution in [0.25, 0.3) is 45.5 Å². The second-order valence-electron chi connectivity index (χ2n) is 19.5. The van der Waals surface area contributed by atoms with E-state index in [1.165, 1.54) is 91.6 Å². The molecule has 0 aromatic heterocycles. The van der Waals surface area contributed by atoms with Gasteiger partial charge in [-0.15, -0.1) is 0 Å². The van der Waals surface area contributed by atoms with Gasteiger partial charge in [0.15, 0.2) is 0 Å². The summed E-state index contributed by atoms with van der Waals surface area (Å²) < 4.78 is 1.22. The average molecular weight is 1040 g/mol. The summed E-state index contributed by atoms with van der Waals surface area (Å²) in [5.74, 6) is 1.11. The van der Waals surface area contributed by atoms with Gasteiger partial charge >= 0.3 is 386 Å². The minimum absolute atomic E-state index is 0.0591. The summed E-state index contributed by atoms with van der Waals surface area (Å²) in [4.78, 5) is 0. The van der Waals surface area contributed by atoms with Crippen molar-refractivity contribution in [2.75, 3.05) is 0 Å². The maximum absolute atomic E-state index is 9.48. The topological polar surface area (TPSA) is 0 Å². The van der Waals surface area contributed by atoms with Crippen LogP contribution >= 0.6 is 17.2 Å². The summed E-state index contributed by atoms with van der Waals surface area (Å²) in [5, 5.41) is 3.01. The molecule has 0 saturated carbocycles. The van der Waals surface area contributed by atoms with E-state index in [0.29, 0.717) is 11.8 Å². The Labute approximate surface area is 383 Å². The third kappa shape index (κ3) is 7.57. The zero-order chi connectivity index (χ0) is 43.2. The molecule has 2 atom stereocenters. The third-order valence-electron chi connectivity index (χ3n) is 14.2. The molecule has 6 aromatic carbocycles. The zero-order valence-electron chi connectivity index (χ0n) is 37.7. The van der Waals surface area contributed by atoms with Gasteiger partial charge in [-0.1, -0.05) is 0 Å². The van der Waals surface area contributed by atoms with Crippen LogP contribution < -0.4 is 13.7 Å². The minimum atomic E-state index is -5.83. The Morgan fingerprint density at radius 3 is 1.44 bits per heavy atom. The second-order valence-corrected chi connectivity index (χ2v) is 50.6. The van der Waals surface area contributed by atoms with E-state index in [4.69, 9.17) is 0 Å². The van der Waals surface area contributed by atoms with Gasteiger partial charge < -0.3 is 0 Å². The van der Waals surface area contributed by atoms with E-state index < -0.39 is 25.7 Å². The average Bonchev–Trinajstić information content (AvgIpc) is 3.97. The Kier molecular flexibility index (Phi) is 12.5. The molecule has 0 amide bonds. The van der Waals surface area contributed by atoms with E-state index >= 15 is 0 Å². The van der Waals surface area contributed by atoms with Crippen LogP contribution in [0.5, 0.6) is 0 Å². The summed E-state index contributed by atoms with van der Waals surface area (Å²) in [7, 11) is 18.1. The summed E-state index contributed by atoms with van der Waals surface area (Å²) in [6.45, 7) is 14.0. The summed E-state index contributed by atoms with van der Waals surface area (Å²) >= 11 is -5.83. The first-order valence-corrected chi connectivity index (χ1v) is 39.9. The van der Waals surface area contributed by atoms with Gasteiger partial charge in [-0.05, 0) is 0 Å². The van der Waals surface area contributed by atoms with Gasteiger partial charge in [0.1, 0.15) is 0 Å². The van der Waals surface area contributed by atoms with Gasteiger partial charge in [0.25, 0.3) is 0 Å². The maximum atomic E-state index is 9.48. The summed E-state index contributed by atoms with van der Waals surface area (Å²) in [6, 6.07) is 48.7. The van der Waals surface area contributed by atoms with Crippen molar-refractivity contribution in [3.8, 4) is 33.4 Å². The molecule has 1 aliphatic heterocycles. The molecule has 0 bridgehead atoms. The number of unbranched alkanes of at least 4 members (excludes halogenated alkanes) is 2. The quantitative estimate of drug-likeness (QED) is 0.0898. The molecule has 6 aromatic rings. The second kappa shape index (κ2) is 17.8. The molecule has 1 heterocycles. The fourth-order valence-corrected chi connectivity index (χ4v) is 50.8. The van der Waals surface area contributed by atoms with E-state index in [0.717, 1.165) is 51.4 Å². The van der Waals surface area contributed by atoms with E-state index in [-0.39, 0.29) is 7.35 Å². The van der Waals surface area contributed by atoms with Crippen molar-refractivity contribution in [3.63, 3.8) is 0 Å². The van der Waals surface area contributed by atoms with Crippen molar-refractivity contribution in [2.45, 2.75) is 100 Å². The Morgan fingerprint density at radius 1 is 0.500 bits per heavy atom. The number of hydrogen-bond donors (Lipinski definition) is 0. The molecule has 0 radical (unpaired) electrons. The number of hydrogen-bond acceptors (Lipinski definition) is 0. The first-order valence-electron chi connectivity index (χ1n) is 23.6. The summed E-state index contributed by atoms with van der Waals surface area (Å²) in [6.07, 6.45) is 13.7. The number of allylic oxidation sites excluding steroid dienone is 2. The van der Waals surface area contributed by atoms with Crippen molar-refractivity contribution >= 4 is 52.5 Å². The van der Waals surface area contributed by atoms with E-state index in [2.05, 4.69) is 181 Å². The van der Waals surface area contributed by atoms with Gasteiger partial charge in [-0.25, -0.2) is 0 Å². The molecule has 0 fully saturated rings. The van der Waals surface area contributed by atoms with Crippen LogP contribution in [0.3, 0.4) is 0 Å². The molecule has 62 heavy (non-hydrogen) atoms. The number of halogens is 2. The van der Waals surface area contributed by atoms with Crippen LogP contribution in [0.2, 0.25) is 0 Å². The van der Waals surface area contributed by atoms with Crippen molar-refractivity contribution in [1.29, 1.82) is 0 Å². The number of rotatable bonds is 15. The van der Waals surface area contributed by atoms with Gasteiger partial charge in [0.05, 0.1) is 0 Å². The van der Waals surface area contributed by atoms with Gasteiger partial charge in [-0.3, -0.25) is 0 Å². The van der Waals surface area contributed by atoms with Crippen molar-refractivity contribution in [2.24, 2.45) is 11.8 Å². The van der Waals surface area contributed by atoms with Crippen molar-refractivity contribution in [3.05, 3.63) is 172 Å². The van der Waals surface area contributed by atoms with E-state index in [1.807, 2.05) is 0 Å². The van der Waals surface area contributed by atoms with Crippen molar-refractivity contribution in [1.82, 2.24) is 0 Å². The SMILES string of the molecule is CCCCC1=Cc2c(-c3ccccc3CC(C)C)cccc2[CH]1[Hf]([Cl])([Cl])([c]1cccc2c1[SiH2]c1ccccc1-2)[CH]1C(CCCC)=Cc2c(-c3ccccc3CC(C)C)cccc21. The van der Waals surface area contributed by atoms with Crippen LogP contribution in [0, 0.1) is 11.8 Å². The standard InChI is InChI=1S/2C23H27.C12H9Si.2ClH.Hf/c2*1-4-5-9-18-15-20-11-8-13-22(23(20)16-18)21-12-7-6-10-19(21)14-17(2)3;1-3-7-11-9(5-1)10-6-2-4-8-12(10)13-11;;;/h2*6-8,10-13,15-17H,4-5,9,14H2,1-3H3;1-7H,13H2;2*1H;/q;;;;;+2/p-2. The zero-order valence-corrected chi connectivity index (χ0v) is 44.2. The number of fused-ring (bicyclic) bond motifs is 5. The molecule has 0 saturated heterocycles. The molecule has 3 aliphatic rings. The monoisotopic (exact) mass is 1040 g/mol. The molecule has 2 aliphatic carbocycles. The van der Waals surface area contributed by atoms with Gasteiger partial charge in [0.2, 0.25) is 0 Å². The Hall–Kier alpha value is -3.53. The van der Waals surface area contributed by atoms with Crippen LogP contribution in [-0.2, 0) is 29.0 Å². The van der Waals surface area contributed by atoms with Gasteiger partial charge in [-0.2, -0.15) is 0 Å². The van der Waals surface area contributed by atoms with Crippen LogP contribution in [-0.4, -0.2) is 9.52 Å². The fraction of sp³-hybridized carbons (Fsp3) is 0.310. The first-order chi connectivity index (χ1) is 30.0. The summed E-state index contributed by atoms with van der Waals surface area (Å²) in [5.41, 5.74) is 19.2.